The van der Waals surface area contributed by atoms with E-state index >= 15 is 0 Å². The molecule has 0 aliphatic carbocycles. The smallest absolute Gasteiger partial charge is 0.221 e. The minimum Gasteiger partial charge on any atom is -0.393 e. The standard InChI is InChI=1S/C26H50N2O3/c1-3-4-5-6-7-8-9-10-11-12-13-14-15-16-17-19-25(30)20-18-22-28-26(31)21-23-27-24(2)29/h10-11,25,30H,3-9,12-23H2,1-2H3,(H,27,29)(H,28,31)/b11-10-. The molecule has 5 heteroatoms. The van der Waals surface area contributed by atoms with Gasteiger partial charge in [-0.3, -0.25) is 9.59 Å². The molecule has 0 aliphatic rings. The van der Waals surface area contributed by atoms with E-state index in [9.17, 15) is 14.7 Å². The van der Waals surface area contributed by atoms with E-state index in [4.69, 9.17) is 0 Å². The number of aliphatic hydroxyl groups is 1. The Bertz CT molecular complexity index is 452. The number of carbonyl (C=O) groups is 2. The second-order valence-electron chi connectivity index (χ2n) is 8.75. The molecule has 1 atom stereocenters. The number of hydrogen-bond acceptors (Lipinski definition) is 3. The summed E-state index contributed by atoms with van der Waals surface area (Å²) in [6, 6.07) is 0. The molecule has 0 aromatic rings. The lowest BCUT2D eigenvalue weighted by Gasteiger charge is -2.11. The zero-order valence-electron chi connectivity index (χ0n) is 20.4. The first-order chi connectivity index (χ1) is 15.1. The van der Waals surface area contributed by atoms with Crippen molar-refractivity contribution in [2.75, 3.05) is 13.1 Å². The number of nitrogens with one attached hydrogen (secondary N) is 2. The Morgan fingerprint density at radius 3 is 1.90 bits per heavy atom. The number of allylic oxidation sites excluding steroid dienone is 2. The van der Waals surface area contributed by atoms with Crippen molar-refractivity contribution in [2.24, 2.45) is 0 Å². The average molecular weight is 439 g/mol. The van der Waals surface area contributed by atoms with Gasteiger partial charge in [0.25, 0.3) is 0 Å². The van der Waals surface area contributed by atoms with E-state index in [2.05, 4.69) is 29.7 Å². The van der Waals surface area contributed by atoms with Crippen molar-refractivity contribution in [2.45, 2.75) is 129 Å². The molecule has 0 radical (unpaired) electrons. The van der Waals surface area contributed by atoms with Gasteiger partial charge in [0.2, 0.25) is 11.8 Å². The molecule has 0 saturated heterocycles. The van der Waals surface area contributed by atoms with Crippen molar-refractivity contribution in [3.63, 3.8) is 0 Å². The van der Waals surface area contributed by atoms with Crippen LogP contribution in [0.2, 0.25) is 0 Å². The van der Waals surface area contributed by atoms with E-state index in [1.54, 1.807) is 0 Å². The number of unbranched alkanes of at least 4 members (excludes halogenated alkanes) is 11. The van der Waals surface area contributed by atoms with Crippen LogP contribution in [-0.2, 0) is 9.59 Å². The molecular weight excluding hydrogens is 388 g/mol. The van der Waals surface area contributed by atoms with Gasteiger partial charge in [-0.25, -0.2) is 0 Å². The first-order valence-corrected chi connectivity index (χ1v) is 12.9. The van der Waals surface area contributed by atoms with Crippen LogP contribution in [0, 0.1) is 0 Å². The van der Waals surface area contributed by atoms with E-state index in [0.717, 1.165) is 25.7 Å². The van der Waals surface area contributed by atoms with Gasteiger partial charge in [0.05, 0.1) is 6.10 Å². The largest absolute Gasteiger partial charge is 0.393 e. The van der Waals surface area contributed by atoms with Gasteiger partial charge < -0.3 is 15.7 Å². The third-order valence-corrected chi connectivity index (χ3v) is 5.56. The minimum atomic E-state index is -0.263. The summed E-state index contributed by atoms with van der Waals surface area (Å²) in [5, 5.41) is 15.5. The van der Waals surface area contributed by atoms with Gasteiger partial charge in [-0.2, -0.15) is 0 Å². The lowest BCUT2D eigenvalue weighted by atomic mass is 10.0. The Labute approximate surface area is 191 Å². The number of aliphatic hydroxyl groups excluding tert-OH is 1. The van der Waals surface area contributed by atoms with E-state index in [1.165, 1.54) is 84.0 Å². The van der Waals surface area contributed by atoms with Crippen LogP contribution in [0.15, 0.2) is 12.2 Å². The molecule has 0 heterocycles. The highest BCUT2D eigenvalue weighted by molar-refractivity contribution is 5.77. The molecule has 0 saturated carbocycles. The molecule has 0 aromatic heterocycles. The lowest BCUT2D eigenvalue weighted by Crippen LogP contribution is -2.30. The molecule has 0 fully saturated rings. The van der Waals surface area contributed by atoms with Gasteiger partial charge in [0.1, 0.15) is 0 Å². The molecule has 0 aliphatic heterocycles. The third-order valence-electron chi connectivity index (χ3n) is 5.56. The van der Waals surface area contributed by atoms with Crippen molar-refractivity contribution in [1.29, 1.82) is 0 Å². The molecule has 2 amide bonds. The quantitative estimate of drug-likeness (QED) is 0.147. The Morgan fingerprint density at radius 2 is 1.29 bits per heavy atom. The highest BCUT2D eigenvalue weighted by Crippen LogP contribution is 2.12. The van der Waals surface area contributed by atoms with Crippen LogP contribution in [0.3, 0.4) is 0 Å². The Kier molecular flexibility index (Phi) is 22.3. The van der Waals surface area contributed by atoms with Crippen LogP contribution in [0.4, 0.5) is 0 Å². The summed E-state index contributed by atoms with van der Waals surface area (Å²) in [5.74, 6) is -0.174. The van der Waals surface area contributed by atoms with E-state index < -0.39 is 0 Å². The summed E-state index contributed by atoms with van der Waals surface area (Å²) < 4.78 is 0. The summed E-state index contributed by atoms with van der Waals surface area (Å²) in [7, 11) is 0. The molecule has 3 N–H and O–H groups in total. The predicted octanol–water partition coefficient (Wildman–Crippen LogP) is 5.81. The Balaban J connectivity index is 3.32. The van der Waals surface area contributed by atoms with Crippen LogP contribution in [0.25, 0.3) is 0 Å². The van der Waals surface area contributed by atoms with Gasteiger partial charge in [0.15, 0.2) is 0 Å². The van der Waals surface area contributed by atoms with Crippen molar-refractivity contribution in [3.8, 4) is 0 Å². The van der Waals surface area contributed by atoms with Gasteiger partial charge >= 0.3 is 0 Å². The van der Waals surface area contributed by atoms with Crippen LogP contribution in [0.5, 0.6) is 0 Å². The number of amides is 2. The molecular formula is C26H50N2O3. The Hall–Kier alpha value is -1.36. The third kappa shape index (κ3) is 24.8. The summed E-state index contributed by atoms with van der Waals surface area (Å²) in [4.78, 5) is 22.3. The topological polar surface area (TPSA) is 78.4 Å². The maximum Gasteiger partial charge on any atom is 0.221 e. The lowest BCUT2D eigenvalue weighted by molar-refractivity contribution is -0.121. The van der Waals surface area contributed by atoms with Crippen molar-refractivity contribution < 1.29 is 14.7 Å². The Morgan fingerprint density at radius 1 is 0.742 bits per heavy atom. The van der Waals surface area contributed by atoms with Crippen LogP contribution in [0.1, 0.15) is 123 Å². The predicted molar refractivity (Wildman–Crippen MR) is 131 cm³/mol. The number of rotatable bonds is 22. The van der Waals surface area contributed by atoms with Crippen molar-refractivity contribution in [3.05, 3.63) is 12.2 Å². The van der Waals surface area contributed by atoms with Crippen LogP contribution in [-0.4, -0.2) is 36.1 Å². The maximum absolute atomic E-state index is 11.6. The highest BCUT2D eigenvalue weighted by Gasteiger charge is 2.05. The second-order valence-corrected chi connectivity index (χ2v) is 8.75. The first-order valence-electron chi connectivity index (χ1n) is 12.9. The van der Waals surface area contributed by atoms with Crippen molar-refractivity contribution in [1.82, 2.24) is 10.6 Å². The minimum absolute atomic E-state index is 0.0551. The van der Waals surface area contributed by atoms with E-state index in [-0.39, 0.29) is 17.9 Å². The molecule has 0 aromatic carbocycles. The zero-order valence-corrected chi connectivity index (χ0v) is 20.4. The van der Waals surface area contributed by atoms with Gasteiger partial charge in [-0.15, -0.1) is 0 Å². The summed E-state index contributed by atoms with van der Waals surface area (Å²) >= 11 is 0. The van der Waals surface area contributed by atoms with Gasteiger partial charge in [-0.1, -0.05) is 76.9 Å². The number of carbonyl (C=O) groups excluding carboxylic acids is 2. The molecule has 0 spiro atoms. The maximum atomic E-state index is 11.6. The van der Waals surface area contributed by atoms with E-state index in [0.29, 0.717) is 19.5 Å². The summed E-state index contributed by atoms with van der Waals surface area (Å²) in [6.45, 7) is 4.66. The highest BCUT2D eigenvalue weighted by atomic mass is 16.3. The monoisotopic (exact) mass is 438 g/mol. The first kappa shape index (κ1) is 29.6. The molecule has 0 rings (SSSR count). The van der Waals surface area contributed by atoms with Crippen LogP contribution >= 0.6 is 0 Å². The fraction of sp³-hybridized carbons (Fsp3) is 0.846. The normalized spacial score (nSPS) is 12.2. The van der Waals surface area contributed by atoms with E-state index in [1.807, 2.05) is 0 Å². The SMILES string of the molecule is CCCCCCCC/C=C\CCCCCCCC(O)CCCNC(=O)CCNC(C)=O. The summed E-state index contributed by atoms with van der Waals surface area (Å²) in [6.07, 6.45) is 23.9. The molecule has 182 valence electrons. The van der Waals surface area contributed by atoms with Crippen LogP contribution < -0.4 is 10.6 Å². The average Bonchev–Trinajstić information content (AvgIpc) is 2.73. The molecule has 0 bridgehead atoms. The second kappa shape index (κ2) is 23.3. The van der Waals surface area contributed by atoms with Gasteiger partial charge in [0, 0.05) is 26.4 Å². The number of hydrogen-bond donors (Lipinski definition) is 3. The zero-order chi connectivity index (χ0) is 23.0. The molecule has 5 nitrogen and oxygen atoms in total. The van der Waals surface area contributed by atoms with Gasteiger partial charge in [-0.05, 0) is 44.9 Å². The molecule has 31 heavy (non-hydrogen) atoms. The molecule has 1 unspecified atom stereocenters. The van der Waals surface area contributed by atoms with Crippen molar-refractivity contribution >= 4 is 11.8 Å². The fourth-order valence-corrected chi connectivity index (χ4v) is 3.60. The fourth-order valence-electron chi connectivity index (χ4n) is 3.60. The summed E-state index contributed by atoms with van der Waals surface area (Å²) in [5.41, 5.74) is 0.